The molecule has 0 aliphatic carbocycles. The first-order valence-electron chi connectivity index (χ1n) is 10.9. The number of ether oxygens (including phenoxy) is 1. The molecule has 2 aromatic carbocycles. The summed E-state index contributed by atoms with van der Waals surface area (Å²) in [6.45, 7) is 3.47. The van der Waals surface area contributed by atoms with Gasteiger partial charge in [-0.05, 0) is 26.0 Å². The van der Waals surface area contributed by atoms with Crippen LogP contribution >= 0.6 is 23.2 Å². The van der Waals surface area contributed by atoms with Gasteiger partial charge >= 0.3 is 23.7 Å². The molecule has 4 rings (SSSR count). The summed E-state index contributed by atoms with van der Waals surface area (Å²) in [6, 6.07) is 4.23. The summed E-state index contributed by atoms with van der Waals surface area (Å²) < 4.78 is 92.3. The highest BCUT2D eigenvalue weighted by atomic mass is 35.5. The van der Waals surface area contributed by atoms with Crippen molar-refractivity contribution in [3.63, 3.8) is 0 Å². The lowest BCUT2D eigenvalue weighted by Gasteiger charge is -2.10. The molecule has 12 nitrogen and oxygen atoms in total. The van der Waals surface area contributed by atoms with E-state index in [9.17, 15) is 55.8 Å². The lowest BCUT2D eigenvalue weighted by molar-refractivity contribution is -0.387. The molecule has 0 aliphatic heterocycles. The fraction of sp³-hybridized carbons (Fsp3) is 0.182. The first kappa shape index (κ1) is 34.6. The third-order valence-electron chi connectivity index (χ3n) is 4.70. The number of H-pyrrole nitrogens is 3. The predicted molar refractivity (Wildman–Crippen MR) is 136 cm³/mol. The Morgan fingerprint density at radius 1 is 0.791 bits per heavy atom. The Morgan fingerprint density at radius 2 is 1.30 bits per heavy atom. The number of benzene rings is 2. The van der Waals surface area contributed by atoms with Crippen LogP contribution in [0.5, 0.6) is 11.6 Å². The molecule has 0 amide bonds. The van der Waals surface area contributed by atoms with E-state index in [4.69, 9.17) is 27.9 Å². The number of nitrogens with zero attached hydrogens (tertiary/aromatic N) is 3. The molecule has 0 saturated heterocycles. The molecule has 2 aromatic heterocycles. The van der Waals surface area contributed by atoms with Crippen molar-refractivity contribution in [2.45, 2.75) is 26.2 Å². The first-order valence-corrected chi connectivity index (χ1v) is 11.7. The Hall–Kier alpha value is -4.65. The van der Waals surface area contributed by atoms with Crippen molar-refractivity contribution in [1.29, 1.82) is 0 Å². The van der Waals surface area contributed by atoms with Crippen molar-refractivity contribution in [3.05, 3.63) is 105 Å². The quantitative estimate of drug-likeness (QED) is 0.115. The summed E-state index contributed by atoms with van der Waals surface area (Å²) in [5.41, 5.74) is -3.38. The van der Waals surface area contributed by atoms with Crippen molar-refractivity contribution in [2.24, 2.45) is 0 Å². The van der Waals surface area contributed by atoms with Gasteiger partial charge in [0.05, 0.1) is 31.0 Å². The van der Waals surface area contributed by atoms with Crippen LogP contribution in [0.1, 0.15) is 22.5 Å². The monoisotopic (exact) mass is 662 g/mol. The highest BCUT2D eigenvalue weighted by Crippen LogP contribution is 2.43. The maximum absolute atomic E-state index is 12.9. The molecule has 0 spiro atoms. The number of hydrogen-bond acceptors (Lipinski definition) is 7. The molecule has 0 unspecified atom stereocenters. The molecular weight excluding hydrogens is 648 g/mol. The van der Waals surface area contributed by atoms with Gasteiger partial charge in [-0.2, -0.15) is 30.7 Å². The standard InChI is InChI=1S/C11H7ClF3N3O3.C7H2ClF4NO2.C4H6N2O/c1-5-2-9(17-16-5)21-10-7(12)3-6(11(13,14)15)4-8(10)18(19)20;8-4-1-3(7(10,11)12)2-5(6(4)9)13(14)15;1-3-2-4(7)6-5-3/h2-4H,1H3,(H,16,17);1-2H;2H,1H3,(H2,5,6,7). The van der Waals surface area contributed by atoms with Crippen LogP contribution in [0.15, 0.2) is 41.2 Å². The van der Waals surface area contributed by atoms with Crippen LogP contribution < -0.4 is 10.3 Å². The summed E-state index contributed by atoms with van der Waals surface area (Å²) in [7, 11) is 0. The Bertz CT molecular complexity index is 1680. The molecule has 0 fully saturated rings. The van der Waals surface area contributed by atoms with E-state index in [0.717, 1.165) is 5.69 Å². The highest BCUT2D eigenvalue weighted by molar-refractivity contribution is 6.32. The number of alkyl halides is 6. The van der Waals surface area contributed by atoms with Gasteiger partial charge in [0.1, 0.15) is 0 Å². The predicted octanol–water partition coefficient (Wildman–Crippen LogP) is 7.51. The van der Waals surface area contributed by atoms with Gasteiger partial charge in [-0.1, -0.05) is 23.2 Å². The van der Waals surface area contributed by atoms with E-state index in [0.29, 0.717) is 23.9 Å². The zero-order valence-electron chi connectivity index (χ0n) is 21.2. The highest BCUT2D eigenvalue weighted by Gasteiger charge is 2.36. The van der Waals surface area contributed by atoms with Crippen molar-refractivity contribution in [2.75, 3.05) is 0 Å². The second kappa shape index (κ2) is 13.6. The third-order valence-corrected chi connectivity index (χ3v) is 5.26. The topological polar surface area (TPSA) is 173 Å². The Labute approximate surface area is 243 Å². The van der Waals surface area contributed by atoms with Gasteiger partial charge in [0.15, 0.2) is 0 Å². The van der Waals surface area contributed by atoms with E-state index in [1.807, 2.05) is 6.92 Å². The van der Waals surface area contributed by atoms with E-state index < -0.39 is 66.3 Å². The lowest BCUT2D eigenvalue weighted by atomic mass is 10.2. The van der Waals surface area contributed by atoms with Gasteiger partial charge in [-0.3, -0.25) is 35.2 Å². The Morgan fingerprint density at radius 3 is 1.67 bits per heavy atom. The second-order valence-electron chi connectivity index (χ2n) is 8.04. The van der Waals surface area contributed by atoms with Crippen molar-refractivity contribution in [1.82, 2.24) is 20.4 Å². The average molecular weight is 663 g/mol. The number of halogens is 9. The molecule has 0 aliphatic rings. The van der Waals surface area contributed by atoms with Crippen molar-refractivity contribution < 1.29 is 45.3 Å². The number of aryl methyl sites for hydroxylation is 2. The van der Waals surface area contributed by atoms with Gasteiger partial charge in [0, 0.05) is 35.7 Å². The summed E-state index contributed by atoms with van der Waals surface area (Å²) in [5.74, 6) is -2.02. The van der Waals surface area contributed by atoms with Crippen LogP contribution in [0, 0.1) is 39.9 Å². The Kier molecular flexibility index (Phi) is 10.9. The molecule has 0 saturated carbocycles. The maximum Gasteiger partial charge on any atom is 0.416 e. The fourth-order valence-corrected chi connectivity index (χ4v) is 3.30. The van der Waals surface area contributed by atoms with Crippen molar-refractivity contribution >= 4 is 34.6 Å². The lowest BCUT2D eigenvalue weighted by Crippen LogP contribution is -2.06. The molecule has 0 atom stereocenters. The number of nitrogens with one attached hydrogen (secondary N) is 3. The van der Waals surface area contributed by atoms with E-state index in [2.05, 4.69) is 20.4 Å². The fourth-order valence-electron chi connectivity index (χ4n) is 2.83. The largest absolute Gasteiger partial charge is 0.429 e. The molecule has 232 valence electrons. The minimum Gasteiger partial charge on any atom is -0.429 e. The first-order chi connectivity index (χ1) is 19.7. The normalized spacial score (nSPS) is 11.1. The number of rotatable bonds is 4. The zero-order chi connectivity index (χ0) is 32.9. The second-order valence-corrected chi connectivity index (χ2v) is 8.85. The van der Waals surface area contributed by atoms with Gasteiger partial charge < -0.3 is 9.84 Å². The average Bonchev–Trinajstić information content (AvgIpc) is 3.46. The molecule has 43 heavy (non-hydrogen) atoms. The minimum absolute atomic E-state index is 0.0442. The SMILES string of the molecule is Cc1cc(=O)[nH][nH]1.Cc1cc(Oc2c(Cl)cc(C(F)(F)F)cc2[N+](=O)[O-])n[nH]1.O=[N+]([O-])c1cc(C(F)(F)F)cc(Cl)c1F. The van der Waals surface area contributed by atoms with Crippen LogP contribution in [0.3, 0.4) is 0 Å². The third kappa shape index (κ3) is 9.70. The number of aromatic nitrogens is 4. The molecule has 0 radical (unpaired) electrons. The number of nitro benzene ring substituents is 2. The smallest absolute Gasteiger partial charge is 0.416 e. The van der Waals surface area contributed by atoms with Crippen molar-refractivity contribution in [3.8, 4) is 11.6 Å². The van der Waals surface area contributed by atoms with E-state index in [-0.39, 0.29) is 17.5 Å². The number of hydrogen-bond donors (Lipinski definition) is 3. The van der Waals surface area contributed by atoms with Crippen LogP contribution in [0.2, 0.25) is 10.0 Å². The minimum atomic E-state index is -4.80. The van der Waals surface area contributed by atoms with E-state index >= 15 is 0 Å². The summed E-state index contributed by atoms with van der Waals surface area (Å²) >= 11 is 10.8. The van der Waals surface area contributed by atoms with Gasteiger partial charge in [0.25, 0.3) is 5.56 Å². The van der Waals surface area contributed by atoms with Gasteiger partial charge in [-0.15, -0.1) is 5.10 Å². The molecule has 4 aromatic rings. The van der Waals surface area contributed by atoms with Crippen LogP contribution in [0.25, 0.3) is 0 Å². The van der Waals surface area contributed by atoms with Crippen LogP contribution in [-0.2, 0) is 12.4 Å². The molecule has 2 heterocycles. The van der Waals surface area contributed by atoms with Crippen LogP contribution in [0.4, 0.5) is 42.1 Å². The van der Waals surface area contributed by atoms with E-state index in [1.54, 1.807) is 6.92 Å². The summed E-state index contributed by atoms with van der Waals surface area (Å²) in [5, 5.41) is 30.9. The molecule has 21 heteroatoms. The van der Waals surface area contributed by atoms with E-state index in [1.165, 1.54) is 12.1 Å². The summed E-state index contributed by atoms with van der Waals surface area (Å²) in [4.78, 5) is 29.0. The zero-order valence-corrected chi connectivity index (χ0v) is 22.7. The van der Waals surface area contributed by atoms with Gasteiger partial charge in [-0.25, -0.2) is 0 Å². The van der Waals surface area contributed by atoms with Gasteiger partial charge in [0.2, 0.25) is 17.4 Å². The van der Waals surface area contributed by atoms with Crippen LogP contribution in [-0.4, -0.2) is 30.2 Å². The summed E-state index contributed by atoms with van der Waals surface area (Å²) in [6.07, 6.45) is -9.56. The molecule has 0 bridgehead atoms. The molecular formula is C22H15Cl2F7N6O6. The maximum atomic E-state index is 12.9. The molecule has 3 N–H and O–H groups in total. The number of aromatic amines is 3. The Balaban J connectivity index is 0.000000254. The number of nitro groups is 2.